The minimum atomic E-state index is -1.57. The molecular weight excluding hydrogens is 258 g/mol. The highest BCUT2D eigenvalue weighted by molar-refractivity contribution is 5.88. The van der Waals surface area contributed by atoms with Gasteiger partial charge in [0.1, 0.15) is 12.6 Å². The Labute approximate surface area is 109 Å². The van der Waals surface area contributed by atoms with Gasteiger partial charge in [-0.25, -0.2) is 9.59 Å². The number of amides is 3. The third kappa shape index (κ3) is 6.24. The van der Waals surface area contributed by atoms with Crippen molar-refractivity contribution in [3.05, 3.63) is 0 Å². The Balaban J connectivity index is 4.80. The van der Waals surface area contributed by atoms with Crippen molar-refractivity contribution < 1.29 is 29.4 Å². The average molecular weight is 275 g/mol. The maximum absolute atomic E-state index is 11.8. The number of carboxylic acids is 2. The molecule has 0 saturated carbocycles. The molecule has 0 fully saturated rings. The molecule has 0 radical (unpaired) electrons. The van der Waals surface area contributed by atoms with Crippen LogP contribution in [0.2, 0.25) is 0 Å². The minimum Gasteiger partial charge on any atom is -0.481 e. The largest absolute Gasteiger partial charge is 0.481 e. The smallest absolute Gasteiger partial charge is 0.326 e. The fourth-order valence-electron chi connectivity index (χ4n) is 1.26. The van der Waals surface area contributed by atoms with E-state index < -0.39 is 42.4 Å². The van der Waals surface area contributed by atoms with Crippen molar-refractivity contribution in [3.63, 3.8) is 0 Å². The van der Waals surface area contributed by atoms with Gasteiger partial charge in [0.25, 0.3) is 0 Å². The van der Waals surface area contributed by atoms with E-state index in [0.717, 1.165) is 4.90 Å². The predicted octanol–water partition coefficient (Wildman–Crippen LogP) is -1.18. The van der Waals surface area contributed by atoms with Crippen LogP contribution in [0, 0.1) is 0 Å². The molecule has 0 heterocycles. The second kappa shape index (κ2) is 7.19. The Kier molecular flexibility index (Phi) is 6.31. The molecule has 19 heavy (non-hydrogen) atoms. The third-order valence-corrected chi connectivity index (χ3v) is 2.18. The second-order valence-electron chi connectivity index (χ2n) is 4.13. The highest BCUT2D eigenvalue weighted by Gasteiger charge is 2.27. The number of hydrogen-bond acceptors (Lipinski definition) is 4. The van der Waals surface area contributed by atoms with Crippen LogP contribution < -0.4 is 11.1 Å². The molecule has 9 heteroatoms. The van der Waals surface area contributed by atoms with Crippen LogP contribution in [0.15, 0.2) is 0 Å². The standard InChI is InChI=1S/C10H17N3O6/c1-5(2)13(4-7(11)14)10(19)12-6(9(17)18)3-8(15)16/h5-6H,3-4H2,1-2H3,(H2,11,14)(H,12,19)(H,15,16)(H,17,18). The summed E-state index contributed by atoms with van der Waals surface area (Å²) in [6.45, 7) is 2.83. The van der Waals surface area contributed by atoms with E-state index in [1.54, 1.807) is 13.8 Å². The fourth-order valence-corrected chi connectivity index (χ4v) is 1.26. The van der Waals surface area contributed by atoms with E-state index in [1.165, 1.54) is 0 Å². The number of carboxylic acid groups (broad SMARTS) is 2. The van der Waals surface area contributed by atoms with Crippen molar-refractivity contribution in [2.75, 3.05) is 6.54 Å². The lowest BCUT2D eigenvalue weighted by molar-refractivity contribution is -0.145. The van der Waals surface area contributed by atoms with E-state index >= 15 is 0 Å². The number of nitrogens with zero attached hydrogens (tertiary/aromatic N) is 1. The predicted molar refractivity (Wildman–Crippen MR) is 63.2 cm³/mol. The summed E-state index contributed by atoms with van der Waals surface area (Å²) in [6, 6.07) is -2.83. The van der Waals surface area contributed by atoms with Gasteiger partial charge in [-0.3, -0.25) is 9.59 Å². The molecule has 0 bridgehead atoms. The number of nitrogens with one attached hydrogen (secondary N) is 1. The molecule has 0 rings (SSSR count). The molecule has 5 N–H and O–H groups in total. The van der Waals surface area contributed by atoms with Gasteiger partial charge in [-0.05, 0) is 13.8 Å². The maximum atomic E-state index is 11.8. The molecule has 0 aromatic rings. The first kappa shape index (κ1) is 16.7. The van der Waals surface area contributed by atoms with Crippen LogP contribution in [0.25, 0.3) is 0 Å². The first-order valence-corrected chi connectivity index (χ1v) is 5.45. The number of aliphatic carboxylic acids is 2. The Morgan fingerprint density at radius 1 is 1.21 bits per heavy atom. The van der Waals surface area contributed by atoms with E-state index in [-0.39, 0.29) is 6.54 Å². The summed E-state index contributed by atoms with van der Waals surface area (Å²) < 4.78 is 0. The SMILES string of the molecule is CC(C)N(CC(N)=O)C(=O)NC(CC(=O)O)C(=O)O. The Morgan fingerprint density at radius 3 is 2.05 bits per heavy atom. The zero-order chi connectivity index (χ0) is 15.2. The number of nitrogens with two attached hydrogens (primary N) is 1. The van der Waals surface area contributed by atoms with Crippen molar-refractivity contribution >= 4 is 23.9 Å². The first-order chi connectivity index (χ1) is 8.65. The highest BCUT2D eigenvalue weighted by atomic mass is 16.4. The van der Waals surface area contributed by atoms with Gasteiger partial charge in [0.2, 0.25) is 5.91 Å². The lowest BCUT2D eigenvalue weighted by atomic mass is 10.2. The van der Waals surface area contributed by atoms with Crippen molar-refractivity contribution in [1.29, 1.82) is 0 Å². The lowest BCUT2D eigenvalue weighted by Gasteiger charge is -2.27. The van der Waals surface area contributed by atoms with Gasteiger partial charge >= 0.3 is 18.0 Å². The van der Waals surface area contributed by atoms with Crippen molar-refractivity contribution in [1.82, 2.24) is 10.2 Å². The highest BCUT2D eigenvalue weighted by Crippen LogP contribution is 2.01. The molecule has 9 nitrogen and oxygen atoms in total. The number of carbonyl (C=O) groups excluding carboxylic acids is 2. The van der Waals surface area contributed by atoms with Crippen LogP contribution in [-0.2, 0) is 14.4 Å². The zero-order valence-electron chi connectivity index (χ0n) is 10.6. The quantitative estimate of drug-likeness (QED) is 0.459. The summed E-state index contributed by atoms with van der Waals surface area (Å²) in [5.74, 6) is -3.59. The van der Waals surface area contributed by atoms with Gasteiger partial charge in [0.15, 0.2) is 0 Å². The van der Waals surface area contributed by atoms with Gasteiger partial charge in [-0.2, -0.15) is 0 Å². The molecule has 1 atom stereocenters. The van der Waals surface area contributed by atoms with Gasteiger partial charge in [-0.15, -0.1) is 0 Å². The minimum absolute atomic E-state index is 0.386. The van der Waals surface area contributed by atoms with Crippen LogP contribution in [-0.4, -0.2) is 57.6 Å². The normalized spacial score (nSPS) is 11.7. The van der Waals surface area contributed by atoms with Crippen LogP contribution >= 0.6 is 0 Å². The second-order valence-corrected chi connectivity index (χ2v) is 4.13. The van der Waals surface area contributed by atoms with Crippen molar-refractivity contribution in [2.45, 2.75) is 32.4 Å². The molecule has 0 saturated heterocycles. The van der Waals surface area contributed by atoms with E-state index in [0.29, 0.717) is 0 Å². The number of carbonyl (C=O) groups is 4. The summed E-state index contributed by atoms with van der Waals surface area (Å²) in [5.41, 5.74) is 4.97. The summed E-state index contributed by atoms with van der Waals surface area (Å²) >= 11 is 0. The summed E-state index contributed by atoms with van der Waals surface area (Å²) in [5, 5.41) is 19.4. The Hall–Kier alpha value is -2.32. The van der Waals surface area contributed by atoms with Gasteiger partial charge in [0, 0.05) is 6.04 Å². The molecule has 0 aromatic heterocycles. The van der Waals surface area contributed by atoms with Crippen LogP contribution in [0.1, 0.15) is 20.3 Å². The van der Waals surface area contributed by atoms with Crippen molar-refractivity contribution in [2.24, 2.45) is 5.73 Å². The monoisotopic (exact) mass is 275 g/mol. The summed E-state index contributed by atoms with van der Waals surface area (Å²) in [6.07, 6.45) is -0.760. The van der Waals surface area contributed by atoms with E-state index in [9.17, 15) is 19.2 Å². The van der Waals surface area contributed by atoms with Crippen molar-refractivity contribution in [3.8, 4) is 0 Å². The molecule has 1 unspecified atom stereocenters. The molecule has 0 spiro atoms. The van der Waals surface area contributed by atoms with Crippen LogP contribution in [0.5, 0.6) is 0 Å². The molecule has 0 aromatic carbocycles. The Morgan fingerprint density at radius 2 is 1.74 bits per heavy atom. The fraction of sp³-hybridized carbons (Fsp3) is 0.600. The molecule has 108 valence electrons. The maximum Gasteiger partial charge on any atom is 0.326 e. The molecular formula is C10H17N3O6. The van der Waals surface area contributed by atoms with Crippen LogP contribution in [0.4, 0.5) is 4.79 Å². The lowest BCUT2D eigenvalue weighted by Crippen LogP contribution is -2.52. The molecule has 0 aliphatic carbocycles. The zero-order valence-corrected chi connectivity index (χ0v) is 10.6. The molecule has 0 aliphatic heterocycles. The number of rotatable bonds is 7. The molecule has 0 aliphatic rings. The van der Waals surface area contributed by atoms with E-state index in [1.807, 2.05) is 5.32 Å². The Bertz CT molecular complexity index is 381. The summed E-state index contributed by atoms with van der Waals surface area (Å²) in [7, 11) is 0. The van der Waals surface area contributed by atoms with E-state index in [2.05, 4.69) is 0 Å². The number of urea groups is 1. The van der Waals surface area contributed by atoms with Gasteiger partial charge < -0.3 is 26.2 Å². The van der Waals surface area contributed by atoms with E-state index in [4.69, 9.17) is 15.9 Å². The summed E-state index contributed by atoms with van der Waals surface area (Å²) in [4.78, 5) is 44.9. The average Bonchev–Trinajstić information content (AvgIpc) is 2.23. The van der Waals surface area contributed by atoms with Gasteiger partial charge in [0.05, 0.1) is 6.42 Å². The van der Waals surface area contributed by atoms with Crippen LogP contribution in [0.3, 0.4) is 0 Å². The number of primary amides is 1. The first-order valence-electron chi connectivity index (χ1n) is 5.45. The van der Waals surface area contributed by atoms with Gasteiger partial charge in [-0.1, -0.05) is 0 Å². The number of hydrogen-bond donors (Lipinski definition) is 4. The molecule has 3 amide bonds. The third-order valence-electron chi connectivity index (χ3n) is 2.18. The topological polar surface area (TPSA) is 150 Å².